The van der Waals surface area contributed by atoms with Gasteiger partial charge in [0.05, 0.1) is 0 Å². The molecule has 1 aromatic carbocycles. The first-order chi connectivity index (χ1) is 10.8. The Morgan fingerprint density at radius 2 is 1.95 bits per heavy atom. The van der Waals surface area contributed by atoms with Crippen molar-refractivity contribution in [1.29, 1.82) is 0 Å². The molecule has 116 valence electrons. The molecule has 0 radical (unpaired) electrons. The zero-order valence-corrected chi connectivity index (χ0v) is 12.7. The number of carbonyl (C=O) groups excluding carboxylic acids is 1. The molecule has 0 spiro atoms. The van der Waals surface area contributed by atoms with E-state index in [-0.39, 0.29) is 12.8 Å². The van der Waals surface area contributed by atoms with Crippen LogP contribution >= 0.6 is 0 Å². The van der Waals surface area contributed by atoms with Crippen LogP contribution in [0, 0.1) is 0 Å². The molecule has 2 rings (SSSR count). The number of amides is 2. The molecule has 1 aromatic heterocycles. The van der Waals surface area contributed by atoms with Crippen molar-refractivity contribution < 1.29 is 9.53 Å². The molecular formula is C17H21N3O2. The van der Waals surface area contributed by atoms with E-state index in [1.54, 1.807) is 12.4 Å². The number of hydrogen-bond donors (Lipinski definition) is 2. The molecule has 2 N–H and O–H groups in total. The van der Waals surface area contributed by atoms with Gasteiger partial charge in [-0.15, -0.1) is 0 Å². The smallest absolute Gasteiger partial charge is 0.317 e. The molecule has 0 fully saturated rings. The van der Waals surface area contributed by atoms with Crippen LogP contribution in [0.1, 0.15) is 24.5 Å². The lowest BCUT2D eigenvalue weighted by Gasteiger charge is -2.09. The summed E-state index contributed by atoms with van der Waals surface area (Å²) in [6, 6.07) is 11.4. The topological polar surface area (TPSA) is 63.2 Å². The monoisotopic (exact) mass is 299 g/mol. The van der Waals surface area contributed by atoms with Crippen molar-refractivity contribution in [1.82, 2.24) is 15.6 Å². The molecule has 0 aliphatic carbocycles. The second-order valence-corrected chi connectivity index (χ2v) is 4.90. The van der Waals surface area contributed by atoms with E-state index in [0.29, 0.717) is 6.54 Å². The van der Waals surface area contributed by atoms with Crippen molar-refractivity contribution in [3.63, 3.8) is 0 Å². The molecule has 0 aliphatic rings. The molecule has 2 aromatic rings. The van der Waals surface area contributed by atoms with Crippen LogP contribution in [0.5, 0.6) is 5.75 Å². The Kier molecular flexibility index (Phi) is 6.23. The highest BCUT2D eigenvalue weighted by Gasteiger charge is 2.00. The van der Waals surface area contributed by atoms with Crippen LogP contribution in [0.15, 0.2) is 48.8 Å². The second kappa shape index (κ2) is 8.67. The van der Waals surface area contributed by atoms with Crippen molar-refractivity contribution in [3.8, 4) is 5.75 Å². The minimum atomic E-state index is -0.272. The maximum Gasteiger partial charge on any atom is 0.317 e. The summed E-state index contributed by atoms with van der Waals surface area (Å²) in [5.74, 6) is 0.743. The number of aryl methyl sites for hydroxylation is 1. The van der Waals surface area contributed by atoms with Gasteiger partial charge in [-0.05, 0) is 35.7 Å². The summed E-state index contributed by atoms with van der Waals surface area (Å²) in [6.45, 7) is 2.72. The zero-order valence-electron chi connectivity index (χ0n) is 12.7. The third-order valence-electron chi connectivity index (χ3n) is 3.11. The maximum absolute atomic E-state index is 11.6. The summed E-state index contributed by atoms with van der Waals surface area (Å²) in [6.07, 6.45) is 5.60. The number of aromatic nitrogens is 1. The van der Waals surface area contributed by atoms with Gasteiger partial charge in [0.25, 0.3) is 0 Å². The van der Waals surface area contributed by atoms with Gasteiger partial charge in [-0.25, -0.2) is 4.79 Å². The zero-order chi connectivity index (χ0) is 15.6. The second-order valence-electron chi connectivity index (χ2n) is 4.90. The average Bonchev–Trinajstić information content (AvgIpc) is 2.56. The molecule has 0 bridgehead atoms. The lowest BCUT2D eigenvalue weighted by Crippen LogP contribution is -2.37. The number of benzene rings is 1. The first-order valence-electron chi connectivity index (χ1n) is 7.40. The minimum absolute atomic E-state index is 0.131. The quantitative estimate of drug-likeness (QED) is 0.773. The van der Waals surface area contributed by atoms with Gasteiger partial charge in [0.1, 0.15) is 5.75 Å². The summed E-state index contributed by atoms with van der Waals surface area (Å²) in [7, 11) is 0. The molecule has 0 unspecified atom stereocenters. The predicted octanol–water partition coefficient (Wildman–Crippen LogP) is 2.87. The largest absolute Gasteiger partial charge is 0.473 e. The van der Waals surface area contributed by atoms with Gasteiger partial charge in [-0.1, -0.05) is 31.5 Å². The van der Waals surface area contributed by atoms with Crippen molar-refractivity contribution in [2.45, 2.75) is 26.3 Å². The highest BCUT2D eigenvalue weighted by Crippen LogP contribution is 2.12. The molecule has 5 heteroatoms. The molecule has 0 saturated carbocycles. The van der Waals surface area contributed by atoms with Gasteiger partial charge < -0.3 is 15.4 Å². The van der Waals surface area contributed by atoms with Crippen molar-refractivity contribution >= 4 is 6.03 Å². The highest BCUT2D eigenvalue weighted by atomic mass is 16.5. The average molecular weight is 299 g/mol. The van der Waals surface area contributed by atoms with E-state index in [2.05, 4.69) is 22.5 Å². The Labute approximate surface area is 130 Å². The van der Waals surface area contributed by atoms with Gasteiger partial charge in [0.2, 0.25) is 0 Å². The molecule has 2 amide bonds. The standard InChI is InChI=1S/C17H21N3O2/c1-2-4-14-6-8-16(9-7-14)22-13-20-17(21)19-12-15-5-3-10-18-11-15/h3,5-11H,2,4,12-13H2,1H3,(H2,19,20,21). The van der Waals surface area contributed by atoms with E-state index >= 15 is 0 Å². The fraction of sp³-hybridized carbons (Fsp3) is 0.294. The van der Waals surface area contributed by atoms with E-state index in [1.807, 2.05) is 36.4 Å². The van der Waals surface area contributed by atoms with Gasteiger partial charge in [-0.3, -0.25) is 4.98 Å². The van der Waals surface area contributed by atoms with E-state index in [1.165, 1.54) is 5.56 Å². The number of ether oxygens (including phenoxy) is 1. The van der Waals surface area contributed by atoms with Crippen LogP contribution in [-0.2, 0) is 13.0 Å². The molecule has 0 aliphatic heterocycles. The first kappa shape index (κ1) is 15.8. The molecule has 1 heterocycles. The fourth-order valence-corrected chi connectivity index (χ4v) is 1.97. The van der Waals surface area contributed by atoms with Gasteiger partial charge in [0, 0.05) is 18.9 Å². The lowest BCUT2D eigenvalue weighted by atomic mass is 10.1. The predicted molar refractivity (Wildman–Crippen MR) is 85.5 cm³/mol. The summed E-state index contributed by atoms with van der Waals surface area (Å²) >= 11 is 0. The van der Waals surface area contributed by atoms with Gasteiger partial charge in [0.15, 0.2) is 6.73 Å². The third kappa shape index (κ3) is 5.44. The van der Waals surface area contributed by atoms with Crippen molar-refractivity contribution in [2.24, 2.45) is 0 Å². The van der Waals surface area contributed by atoms with Crippen LogP contribution in [0.2, 0.25) is 0 Å². The molecule has 0 atom stereocenters. The Bertz CT molecular complexity index is 570. The van der Waals surface area contributed by atoms with Crippen molar-refractivity contribution in [2.75, 3.05) is 6.73 Å². The SMILES string of the molecule is CCCc1ccc(OCNC(=O)NCc2cccnc2)cc1. The summed E-state index contributed by atoms with van der Waals surface area (Å²) in [5, 5.41) is 5.39. The number of urea groups is 1. The Morgan fingerprint density at radius 1 is 1.14 bits per heavy atom. The Morgan fingerprint density at radius 3 is 2.64 bits per heavy atom. The molecule has 5 nitrogen and oxygen atoms in total. The summed E-state index contributed by atoms with van der Waals surface area (Å²) < 4.78 is 5.48. The molecule has 0 saturated heterocycles. The number of carbonyl (C=O) groups is 1. The van der Waals surface area contributed by atoms with E-state index in [0.717, 1.165) is 24.2 Å². The van der Waals surface area contributed by atoms with E-state index in [9.17, 15) is 4.79 Å². The molecular weight excluding hydrogens is 278 g/mol. The van der Waals surface area contributed by atoms with Crippen LogP contribution in [-0.4, -0.2) is 17.7 Å². The number of pyridine rings is 1. The Balaban J connectivity index is 1.66. The fourth-order valence-electron chi connectivity index (χ4n) is 1.97. The third-order valence-corrected chi connectivity index (χ3v) is 3.11. The van der Waals surface area contributed by atoms with E-state index in [4.69, 9.17) is 4.74 Å². The number of hydrogen-bond acceptors (Lipinski definition) is 3. The van der Waals surface area contributed by atoms with Crippen LogP contribution < -0.4 is 15.4 Å². The number of rotatable bonds is 7. The van der Waals surface area contributed by atoms with Gasteiger partial charge >= 0.3 is 6.03 Å². The molecule has 22 heavy (non-hydrogen) atoms. The van der Waals surface area contributed by atoms with Crippen LogP contribution in [0.3, 0.4) is 0 Å². The normalized spacial score (nSPS) is 10.0. The highest BCUT2D eigenvalue weighted by molar-refractivity contribution is 5.73. The van der Waals surface area contributed by atoms with Gasteiger partial charge in [-0.2, -0.15) is 0 Å². The maximum atomic E-state index is 11.6. The minimum Gasteiger partial charge on any atom is -0.473 e. The summed E-state index contributed by atoms with van der Waals surface area (Å²) in [5.41, 5.74) is 2.24. The summed E-state index contributed by atoms with van der Waals surface area (Å²) in [4.78, 5) is 15.6. The van der Waals surface area contributed by atoms with Crippen LogP contribution in [0.4, 0.5) is 4.79 Å². The number of nitrogens with one attached hydrogen (secondary N) is 2. The first-order valence-corrected chi connectivity index (χ1v) is 7.40. The van der Waals surface area contributed by atoms with E-state index < -0.39 is 0 Å². The number of nitrogens with zero attached hydrogens (tertiary/aromatic N) is 1. The van der Waals surface area contributed by atoms with Crippen LogP contribution in [0.25, 0.3) is 0 Å². The van der Waals surface area contributed by atoms with Crippen molar-refractivity contribution in [3.05, 3.63) is 59.9 Å². The Hall–Kier alpha value is -2.56. The lowest BCUT2D eigenvalue weighted by molar-refractivity contribution is 0.223.